The zero-order chi connectivity index (χ0) is 16.9. The van der Waals surface area contributed by atoms with Gasteiger partial charge in [-0.05, 0) is 37.1 Å². The maximum atomic E-state index is 13.7. The fourth-order valence-electron chi connectivity index (χ4n) is 2.82. The number of anilines is 2. The number of aromatic nitrogens is 1. The Balaban J connectivity index is 1.79. The predicted molar refractivity (Wildman–Crippen MR) is 89.2 cm³/mol. The summed E-state index contributed by atoms with van der Waals surface area (Å²) >= 11 is 0. The van der Waals surface area contributed by atoms with Gasteiger partial charge in [-0.3, -0.25) is 4.79 Å². The molecule has 6 heteroatoms. The highest BCUT2D eigenvalue weighted by molar-refractivity contribution is 6.03. The van der Waals surface area contributed by atoms with Gasteiger partial charge in [-0.15, -0.1) is 0 Å². The van der Waals surface area contributed by atoms with E-state index in [-0.39, 0.29) is 5.69 Å². The lowest BCUT2D eigenvalue weighted by Gasteiger charge is -2.21. The Morgan fingerprint density at radius 1 is 0.958 bits per heavy atom. The van der Waals surface area contributed by atoms with Crippen LogP contribution in [0.4, 0.5) is 20.3 Å². The van der Waals surface area contributed by atoms with Crippen molar-refractivity contribution in [3.63, 3.8) is 0 Å². The standard InChI is InChI=1S/C18H19F2N3O/c19-13-7-5-8-14(20)17(13)22-18(24)15-9-6-10-16(21-15)23-11-3-1-2-4-12-23/h5-10H,1-4,11-12H2,(H,22,24). The summed E-state index contributed by atoms with van der Waals surface area (Å²) in [4.78, 5) is 18.8. The van der Waals surface area contributed by atoms with Crippen LogP contribution in [0.2, 0.25) is 0 Å². The Kier molecular flexibility index (Phi) is 5.03. The van der Waals surface area contributed by atoms with Crippen molar-refractivity contribution in [2.75, 3.05) is 23.3 Å². The third kappa shape index (κ3) is 3.69. The first-order chi connectivity index (χ1) is 11.6. The molecule has 3 rings (SSSR count). The van der Waals surface area contributed by atoms with E-state index < -0.39 is 23.2 Å². The van der Waals surface area contributed by atoms with Gasteiger partial charge < -0.3 is 10.2 Å². The highest BCUT2D eigenvalue weighted by Gasteiger charge is 2.16. The Morgan fingerprint density at radius 2 is 1.58 bits per heavy atom. The summed E-state index contributed by atoms with van der Waals surface area (Å²) in [6.45, 7) is 1.81. The molecule has 1 aliphatic rings. The van der Waals surface area contributed by atoms with E-state index in [0.29, 0.717) is 0 Å². The molecule has 1 aromatic carbocycles. The second-order valence-corrected chi connectivity index (χ2v) is 5.83. The molecular weight excluding hydrogens is 312 g/mol. The van der Waals surface area contributed by atoms with E-state index in [1.165, 1.54) is 25.0 Å². The van der Waals surface area contributed by atoms with Crippen molar-refractivity contribution < 1.29 is 13.6 Å². The normalized spacial score (nSPS) is 15.0. The average Bonchev–Trinajstić information content (AvgIpc) is 2.87. The molecule has 1 saturated heterocycles. The van der Waals surface area contributed by atoms with Gasteiger partial charge in [0.2, 0.25) is 0 Å². The van der Waals surface area contributed by atoms with Crippen LogP contribution in [0.5, 0.6) is 0 Å². The van der Waals surface area contributed by atoms with E-state index in [9.17, 15) is 13.6 Å². The molecule has 24 heavy (non-hydrogen) atoms. The number of hydrogen-bond donors (Lipinski definition) is 1. The lowest BCUT2D eigenvalue weighted by Crippen LogP contribution is -2.26. The number of benzene rings is 1. The second kappa shape index (κ2) is 7.38. The molecule has 0 radical (unpaired) electrons. The number of pyridine rings is 1. The minimum atomic E-state index is -0.813. The molecule has 0 atom stereocenters. The first-order valence-electron chi connectivity index (χ1n) is 8.12. The molecule has 2 heterocycles. The average molecular weight is 331 g/mol. The van der Waals surface area contributed by atoms with E-state index in [2.05, 4.69) is 15.2 Å². The first kappa shape index (κ1) is 16.4. The summed E-state index contributed by atoms with van der Waals surface area (Å²) in [5, 5.41) is 2.27. The summed E-state index contributed by atoms with van der Waals surface area (Å²) < 4.78 is 27.3. The van der Waals surface area contributed by atoms with Crippen molar-refractivity contribution in [2.45, 2.75) is 25.7 Å². The number of hydrogen-bond acceptors (Lipinski definition) is 3. The van der Waals surface area contributed by atoms with Crippen LogP contribution in [0, 0.1) is 11.6 Å². The molecule has 126 valence electrons. The molecule has 1 aromatic heterocycles. The van der Waals surface area contributed by atoms with Gasteiger partial charge in [0.05, 0.1) is 0 Å². The second-order valence-electron chi connectivity index (χ2n) is 5.83. The molecule has 0 saturated carbocycles. The number of rotatable bonds is 3. The van der Waals surface area contributed by atoms with E-state index in [4.69, 9.17) is 0 Å². The highest BCUT2D eigenvalue weighted by atomic mass is 19.1. The molecule has 1 N–H and O–H groups in total. The molecule has 0 unspecified atom stereocenters. The van der Waals surface area contributed by atoms with Gasteiger partial charge in [0.1, 0.15) is 28.8 Å². The number of amides is 1. The quantitative estimate of drug-likeness (QED) is 0.925. The van der Waals surface area contributed by atoms with Gasteiger partial charge in [-0.2, -0.15) is 0 Å². The largest absolute Gasteiger partial charge is 0.357 e. The maximum Gasteiger partial charge on any atom is 0.274 e. The van der Waals surface area contributed by atoms with Crippen molar-refractivity contribution >= 4 is 17.4 Å². The van der Waals surface area contributed by atoms with Gasteiger partial charge in [0.25, 0.3) is 5.91 Å². The lowest BCUT2D eigenvalue weighted by atomic mass is 10.2. The van der Waals surface area contributed by atoms with Crippen molar-refractivity contribution in [1.29, 1.82) is 0 Å². The van der Waals surface area contributed by atoms with Gasteiger partial charge >= 0.3 is 0 Å². The Labute approximate surface area is 139 Å². The minimum Gasteiger partial charge on any atom is -0.357 e. The third-order valence-corrected chi connectivity index (χ3v) is 4.10. The minimum absolute atomic E-state index is 0.138. The number of carbonyl (C=O) groups is 1. The van der Waals surface area contributed by atoms with Gasteiger partial charge in [0.15, 0.2) is 0 Å². The molecule has 1 fully saturated rings. The zero-order valence-electron chi connectivity index (χ0n) is 13.3. The number of para-hydroxylation sites is 1. The molecular formula is C18H19F2N3O. The lowest BCUT2D eigenvalue weighted by molar-refractivity contribution is 0.102. The SMILES string of the molecule is O=C(Nc1c(F)cccc1F)c1cccc(N2CCCCCC2)n1. The van der Waals surface area contributed by atoms with Crippen molar-refractivity contribution in [3.05, 3.63) is 53.7 Å². The van der Waals surface area contributed by atoms with Gasteiger partial charge in [-0.25, -0.2) is 13.8 Å². The van der Waals surface area contributed by atoms with Crippen LogP contribution in [-0.2, 0) is 0 Å². The molecule has 0 aliphatic carbocycles. The van der Waals surface area contributed by atoms with E-state index in [1.807, 2.05) is 6.07 Å². The van der Waals surface area contributed by atoms with Crippen LogP contribution in [0.1, 0.15) is 36.2 Å². The smallest absolute Gasteiger partial charge is 0.274 e. The number of nitrogens with zero attached hydrogens (tertiary/aromatic N) is 2. The number of nitrogens with one attached hydrogen (secondary N) is 1. The topological polar surface area (TPSA) is 45.2 Å². The van der Waals surface area contributed by atoms with E-state index in [0.717, 1.165) is 43.9 Å². The van der Waals surface area contributed by atoms with Crippen molar-refractivity contribution in [2.24, 2.45) is 0 Å². The van der Waals surface area contributed by atoms with Crippen LogP contribution in [0.3, 0.4) is 0 Å². The maximum absolute atomic E-state index is 13.7. The van der Waals surface area contributed by atoms with Gasteiger partial charge in [-0.1, -0.05) is 25.0 Å². The van der Waals surface area contributed by atoms with Crippen molar-refractivity contribution in [1.82, 2.24) is 4.98 Å². The Hall–Kier alpha value is -2.50. The predicted octanol–water partition coefficient (Wildman–Crippen LogP) is 3.99. The number of halogens is 2. The molecule has 0 bridgehead atoms. The Bertz CT molecular complexity index is 708. The van der Waals surface area contributed by atoms with E-state index >= 15 is 0 Å². The number of carbonyl (C=O) groups excluding carboxylic acids is 1. The fraction of sp³-hybridized carbons (Fsp3) is 0.333. The van der Waals surface area contributed by atoms with Crippen LogP contribution in [0.25, 0.3) is 0 Å². The summed E-state index contributed by atoms with van der Waals surface area (Å²) in [5.74, 6) is -1.53. The molecule has 1 aliphatic heterocycles. The van der Waals surface area contributed by atoms with Crippen molar-refractivity contribution in [3.8, 4) is 0 Å². The summed E-state index contributed by atoms with van der Waals surface area (Å²) in [5.41, 5.74) is -0.316. The molecule has 2 aromatic rings. The monoisotopic (exact) mass is 331 g/mol. The fourth-order valence-corrected chi connectivity index (χ4v) is 2.82. The molecule has 1 amide bonds. The van der Waals surface area contributed by atoms with Crippen LogP contribution in [-0.4, -0.2) is 24.0 Å². The first-order valence-corrected chi connectivity index (χ1v) is 8.12. The van der Waals surface area contributed by atoms with Crippen LogP contribution in [0.15, 0.2) is 36.4 Å². The summed E-state index contributed by atoms with van der Waals surface area (Å²) in [6, 6.07) is 8.57. The Morgan fingerprint density at radius 3 is 2.25 bits per heavy atom. The van der Waals surface area contributed by atoms with E-state index in [1.54, 1.807) is 6.07 Å². The summed E-state index contributed by atoms with van der Waals surface area (Å²) in [6.07, 6.45) is 4.59. The molecule has 0 spiro atoms. The third-order valence-electron chi connectivity index (χ3n) is 4.10. The van der Waals surface area contributed by atoms with Gasteiger partial charge in [0, 0.05) is 13.1 Å². The zero-order valence-corrected chi connectivity index (χ0v) is 13.3. The summed E-state index contributed by atoms with van der Waals surface area (Å²) in [7, 11) is 0. The highest BCUT2D eigenvalue weighted by Crippen LogP contribution is 2.20. The van der Waals surface area contributed by atoms with Crippen LogP contribution >= 0.6 is 0 Å². The molecule has 4 nitrogen and oxygen atoms in total. The van der Waals surface area contributed by atoms with Crippen LogP contribution < -0.4 is 10.2 Å².